The van der Waals surface area contributed by atoms with Gasteiger partial charge < -0.3 is 14.8 Å². The van der Waals surface area contributed by atoms with Crippen LogP contribution in [0.4, 0.5) is 0 Å². The first-order valence-corrected chi connectivity index (χ1v) is 4.63. The molecule has 14 heavy (non-hydrogen) atoms. The number of aromatic nitrogens is 1. The summed E-state index contributed by atoms with van der Waals surface area (Å²) in [5.41, 5.74) is 2.15. The molecule has 2 rings (SSSR count). The van der Waals surface area contributed by atoms with Crippen LogP contribution in [-0.2, 0) is 0 Å². The Morgan fingerprint density at radius 3 is 3.00 bits per heavy atom. The van der Waals surface area contributed by atoms with Crippen LogP contribution in [0.2, 0.25) is 0 Å². The zero-order valence-corrected chi connectivity index (χ0v) is 8.08. The fourth-order valence-electron chi connectivity index (χ4n) is 1.55. The SMILES string of the molecule is Cc1ccc2[nH]ccc2c1OCCO. The third-order valence-electron chi connectivity index (χ3n) is 2.22. The van der Waals surface area contributed by atoms with Crippen molar-refractivity contribution in [2.75, 3.05) is 13.2 Å². The van der Waals surface area contributed by atoms with E-state index in [0.717, 1.165) is 22.2 Å². The van der Waals surface area contributed by atoms with Crippen molar-refractivity contribution in [3.63, 3.8) is 0 Å². The number of aliphatic hydroxyl groups excluding tert-OH is 1. The van der Waals surface area contributed by atoms with Crippen LogP contribution in [0.3, 0.4) is 0 Å². The van der Waals surface area contributed by atoms with Crippen LogP contribution in [0.15, 0.2) is 24.4 Å². The lowest BCUT2D eigenvalue weighted by atomic mass is 10.1. The van der Waals surface area contributed by atoms with Gasteiger partial charge in [-0.25, -0.2) is 0 Å². The van der Waals surface area contributed by atoms with Crippen LogP contribution in [0, 0.1) is 6.92 Å². The first-order valence-electron chi connectivity index (χ1n) is 4.63. The Morgan fingerprint density at radius 2 is 2.21 bits per heavy atom. The molecule has 0 fully saturated rings. The Kier molecular flexibility index (Phi) is 2.41. The lowest BCUT2D eigenvalue weighted by molar-refractivity contribution is 0.202. The van der Waals surface area contributed by atoms with Gasteiger partial charge in [0, 0.05) is 17.1 Å². The molecule has 0 spiro atoms. The molecule has 1 aromatic heterocycles. The van der Waals surface area contributed by atoms with Gasteiger partial charge in [-0.3, -0.25) is 0 Å². The number of H-pyrrole nitrogens is 1. The van der Waals surface area contributed by atoms with E-state index in [1.54, 1.807) is 0 Å². The Morgan fingerprint density at radius 1 is 1.36 bits per heavy atom. The number of hydrogen-bond acceptors (Lipinski definition) is 2. The summed E-state index contributed by atoms with van der Waals surface area (Å²) in [6, 6.07) is 6.01. The van der Waals surface area contributed by atoms with Crippen LogP contribution >= 0.6 is 0 Å². The van der Waals surface area contributed by atoms with Crippen molar-refractivity contribution >= 4 is 10.9 Å². The quantitative estimate of drug-likeness (QED) is 0.777. The maximum Gasteiger partial charge on any atom is 0.131 e. The van der Waals surface area contributed by atoms with Crippen molar-refractivity contribution in [3.05, 3.63) is 30.0 Å². The summed E-state index contributed by atoms with van der Waals surface area (Å²) in [5, 5.41) is 9.78. The minimum Gasteiger partial charge on any atom is -0.490 e. The molecular weight excluding hydrogens is 178 g/mol. The molecule has 0 aliphatic rings. The summed E-state index contributed by atoms with van der Waals surface area (Å²) < 4.78 is 5.49. The van der Waals surface area contributed by atoms with Crippen molar-refractivity contribution < 1.29 is 9.84 Å². The summed E-state index contributed by atoms with van der Waals surface area (Å²) in [6.07, 6.45) is 1.88. The van der Waals surface area contributed by atoms with E-state index in [9.17, 15) is 0 Å². The van der Waals surface area contributed by atoms with Crippen LogP contribution in [0.25, 0.3) is 10.9 Å². The average molecular weight is 191 g/mol. The molecule has 3 heteroatoms. The molecule has 74 valence electrons. The Balaban J connectivity index is 2.47. The fraction of sp³-hybridized carbons (Fsp3) is 0.273. The molecule has 1 heterocycles. The molecule has 0 aliphatic carbocycles. The van der Waals surface area contributed by atoms with Crippen molar-refractivity contribution in [3.8, 4) is 5.75 Å². The number of benzene rings is 1. The van der Waals surface area contributed by atoms with E-state index in [1.165, 1.54) is 0 Å². The van der Waals surface area contributed by atoms with E-state index in [1.807, 2.05) is 31.3 Å². The number of aliphatic hydroxyl groups is 1. The predicted octanol–water partition coefficient (Wildman–Crippen LogP) is 1.85. The maximum absolute atomic E-state index is 8.71. The van der Waals surface area contributed by atoms with E-state index in [0.29, 0.717) is 6.61 Å². The molecule has 1 aromatic carbocycles. The number of nitrogens with one attached hydrogen (secondary N) is 1. The van der Waals surface area contributed by atoms with E-state index in [4.69, 9.17) is 9.84 Å². The highest BCUT2D eigenvalue weighted by atomic mass is 16.5. The summed E-state index contributed by atoms with van der Waals surface area (Å²) in [6.45, 7) is 2.38. The number of hydrogen-bond donors (Lipinski definition) is 2. The van der Waals surface area contributed by atoms with Gasteiger partial charge in [0.05, 0.1) is 6.61 Å². The molecule has 0 bridgehead atoms. The second-order valence-electron chi connectivity index (χ2n) is 3.22. The lowest BCUT2D eigenvalue weighted by Crippen LogP contribution is -2.02. The molecule has 3 nitrogen and oxygen atoms in total. The number of fused-ring (bicyclic) bond motifs is 1. The monoisotopic (exact) mass is 191 g/mol. The maximum atomic E-state index is 8.71. The van der Waals surface area contributed by atoms with E-state index in [-0.39, 0.29) is 6.61 Å². The first-order chi connectivity index (χ1) is 6.83. The van der Waals surface area contributed by atoms with Crippen molar-refractivity contribution in [2.24, 2.45) is 0 Å². The van der Waals surface area contributed by atoms with Gasteiger partial charge in [0.25, 0.3) is 0 Å². The van der Waals surface area contributed by atoms with Gasteiger partial charge in [-0.1, -0.05) is 6.07 Å². The number of rotatable bonds is 3. The summed E-state index contributed by atoms with van der Waals surface area (Å²) in [4.78, 5) is 3.12. The largest absolute Gasteiger partial charge is 0.490 e. The molecule has 0 unspecified atom stereocenters. The third-order valence-corrected chi connectivity index (χ3v) is 2.22. The molecule has 0 atom stereocenters. The van der Waals surface area contributed by atoms with Gasteiger partial charge in [-0.2, -0.15) is 0 Å². The smallest absolute Gasteiger partial charge is 0.131 e. The van der Waals surface area contributed by atoms with Crippen LogP contribution in [0.5, 0.6) is 5.75 Å². The molecule has 0 saturated carbocycles. The Labute approximate surface area is 82.3 Å². The average Bonchev–Trinajstić information content (AvgIpc) is 2.64. The van der Waals surface area contributed by atoms with Crippen LogP contribution in [0.1, 0.15) is 5.56 Å². The predicted molar refractivity (Wildman–Crippen MR) is 55.6 cm³/mol. The highest BCUT2D eigenvalue weighted by Gasteiger charge is 2.05. The molecule has 0 amide bonds. The van der Waals surface area contributed by atoms with E-state index in [2.05, 4.69) is 4.98 Å². The second-order valence-corrected chi connectivity index (χ2v) is 3.22. The minimum absolute atomic E-state index is 0.0419. The summed E-state index contributed by atoms with van der Waals surface area (Å²) >= 11 is 0. The molecular formula is C11H13NO2. The standard InChI is InChI=1S/C11H13NO2/c1-8-2-3-10-9(4-5-12-10)11(8)14-7-6-13/h2-5,12-13H,6-7H2,1H3. The molecule has 2 aromatic rings. The highest BCUT2D eigenvalue weighted by Crippen LogP contribution is 2.28. The van der Waals surface area contributed by atoms with Gasteiger partial charge in [0.2, 0.25) is 0 Å². The zero-order valence-electron chi connectivity index (χ0n) is 8.08. The van der Waals surface area contributed by atoms with E-state index < -0.39 is 0 Å². The number of aromatic amines is 1. The first kappa shape index (κ1) is 9.09. The Bertz CT molecular complexity index is 434. The molecule has 0 saturated heterocycles. The normalized spacial score (nSPS) is 10.7. The van der Waals surface area contributed by atoms with Gasteiger partial charge in [0.15, 0.2) is 0 Å². The third kappa shape index (κ3) is 1.46. The van der Waals surface area contributed by atoms with Gasteiger partial charge in [0.1, 0.15) is 12.4 Å². The summed E-state index contributed by atoms with van der Waals surface area (Å²) in [7, 11) is 0. The fourth-order valence-corrected chi connectivity index (χ4v) is 1.55. The van der Waals surface area contributed by atoms with Gasteiger partial charge in [-0.15, -0.1) is 0 Å². The summed E-state index contributed by atoms with van der Waals surface area (Å²) in [5.74, 6) is 0.859. The van der Waals surface area contributed by atoms with Crippen LogP contribution < -0.4 is 4.74 Å². The van der Waals surface area contributed by atoms with Crippen molar-refractivity contribution in [2.45, 2.75) is 6.92 Å². The minimum atomic E-state index is 0.0419. The number of aryl methyl sites for hydroxylation is 1. The van der Waals surface area contributed by atoms with Crippen molar-refractivity contribution in [1.29, 1.82) is 0 Å². The molecule has 2 N–H and O–H groups in total. The second kappa shape index (κ2) is 3.72. The Hall–Kier alpha value is -1.48. The lowest BCUT2D eigenvalue weighted by Gasteiger charge is -2.08. The zero-order chi connectivity index (χ0) is 9.97. The van der Waals surface area contributed by atoms with Crippen LogP contribution in [-0.4, -0.2) is 23.3 Å². The highest BCUT2D eigenvalue weighted by molar-refractivity contribution is 5.87. The van der Waals surface area contributed by atoms with E-state index >= 15 is 0 Å². The number of ether oxygens (including phenoxy) is 1. The van der Waals surface area contributed by atoms with Gasteiger partial charge >= 0.3 is 0 Å². The van der Waals surface area contributed by atoms with Crippen molar-refractivity contribution in [1.82, 2.24) is 4.98 Å². The molecule has 0 aliphatic heterocycles. The molecule has 0 radical (unpaired) electrons. The topological polar surface area (TPSA) is 45.2 Å². The van der Waals surface area contributed by atoms with Gasteiger partial charge in [-0.05, 0) is 24.6 Å².